The summed E-state index contributed by atoms with van der Waals surface area (Å²) in [6.45, 7) is 0. The molecule has 0 spiro atoms. The molecular formula is C22H20N4O2. The molecule has 2 aromatic carbocycles. The van der Waals surface area contributed by atoms with Gasteiger partial charge in [0.1, 0.15) is 5.75 Å². The van der Waals surface area contributed by atoms with Crippen molar-refractivity contribution in [1.29, 1.82) is 0 Å². The summed E-state index contributed by atoms with van der Waals surface area (Å²) >= 11 is 0. The van der Waals surface area contributed by atoms with Crippen LogP contribution in [0.3, 0.4) is 0 Å². The molecule has 0 bridgehead atoms. The Morgan fingerprint density at radius 2 is 1.89 bits per heavy atom. The van der Waals surface area contributed by atoms with Crippen LogP contribution in [0.1, 0.15) is 34.7 Å². The van der Waals surface area contributed by atoms with E-state index in [2.05, 4.69) is 32.5 Å². The molecule has 1 aromatic heterocycles. The molecule has 3 aromatic rings. The highest BCUT2D eigenvalue weighted by Gasteiger charge is 2.26. The molecule has 4 rings (SSSR count). The van der Waals surface area contributed by atoms with E-state index in [4.69, 9.17) is 4.74 Å². The van der Waals surface area contributed by atoms with Crippen LogP contribution in [0.15, 0.2) is 75.7 Å². The molecule has 1 heterocycles. The van der Waals surface area contributed by atoms with Gasteiger partial charge >= 0.3 is 0 Å². The third kappa shape index (κ3) is 3.91. The average Bonchev–Trinajstić information content (AvgIpc) is 2.75. The number of ether oxygens (including phenoxy) is 1. The van der Waals surface area contributed by atoms with Crippen LogP contribution in [0.25, 0.3) is 0 Å². The molecule has 6 nitrogen and oxygen atoms in total. The minimum absolute atomic E-state index is 0.233. The molecule has 1 atom stereocenters. The summed E-state index contributed by atoms with van der Waals surface area (Å²) in [5, 5.41) is 15.5. The molecule has 0 amide bonds. The maximum Gasteiger partial charge on any atom is 0.264 e. The highest BCUT2D eigenvalue weighted by Crippen LogP contribution is 2.31. The SMILES string of the molecule is COc1ccc(/C=N\N=C2/C[C@H](c3ccccc3)Cc3n[nH]c(=O)cc32)cc1. The zero-order chi connectivity index (χ0) is 19.3. The van der Waals surface area contributed by atoms with Crippen molar-refractivity contribution in [3.8, 4) is 5.75 Å². The van der Waals surface area contributed by atoms with E-state index in [1.807, 2.05) is 42.5 Å². The quantitative estimate of drug-likeness (QED) is 0.563. The number of benzene rings is 2. The van der Waals surface area contributed by atoms with Gasteiger partial charge in [-0.2, -0.15) is 15.3 Å². The molecule has 0 radical (unpaired) electrons. The standard InChI is InChI=1S/C22H20N4O2/c1-28-18-9-7-15(8-10-18)14-23-24-20-11-17(16-5-3-2-4-6-16)12-21-19(20)13-22(27)26-25-21/h2-10,13-14,17H,11-12H2,1H3,(H,26,27)/b23-14-,24-20+/t17-/m0/s1. The lowest BCUT2D eigenvalue weighted by atomic mass is 9.81. The van der Waals surface area contributed by atoms with Crippen LogP contribution in [-0.2, 0) is 6.42 Å². The topological polar surface area (TPSA) is 79.7 Å². The summed E-state index contributed by atoms with van der Waals surface area (Å²) in [5.41, 5.74) is 4.32. The Hall–Kier alpha value is -3.54. The number of hydrogen-bond acceptors (Lipinski definition) is 5. The predicted octanol–water partition coefficient (Wildman–Crippen LogP) is 3.33. The van der Waals surface area contributed by atoms with E-state index in [0.717, 1.165) is 34.7 Å². The van der Waals surface area contributed by atoms with Crippen molar-refractivity contribution in [2.24, 2.45) is 10.2 Å². The van der Waals surface area contributed by atoms with E-state index in [1.54, 1.807) is 19.4 Å². The van der Waals surface area contributed by atoms with Gasteiger partial charge in [0.15, 0.2) is 0 Å². The van der Waals surface area contributed by atoms with Gasteiger partial charge in [0.05, 0.1) is 24.7 Å². The second kappa shape index (κ2) is 8.00. The number of aromatic amines is 1. The van der Waals surface area contributed by atoms with Gasteiger partial charge in [-0.25, -0.2) is 5.10 Å². The molecule has 0 fully saturated rings. The smallest absolute Gasteiger partial charge is 0.264 e. The lowest BCUT2D eigenvalue weighted by Crippen LogP contribution is -2.24. The van der Waals surface area contributed by atoms with Crippen molar-refractivity contribution in [2.45, 2.75) is 18.8 Å². The highest BCUT2D eigenvalue weighted by atomic mass is 16.5. The first-order chi connectivity index (χ1) is 13.7. The average molecular weight is 372 g/mol. The lowest BCUT2D eigenvalue weighted by molar-refractivity contribution is 0.415. The summed E-state index contributed by atoms with van der Waals surface area (Å²) in [6.07, 6.45) is 3.16. The maximum atomic E-state index is 11.8. The fourth-order valence-corrected chi connectivity index (χ4v) is 3.39. The Morgan fingerprint density at radius 1 is 1.11 bits per heavy atom. The van der Waals surface area contributed by atoms with E-state index in [0.29, 0.717) is 6.42 Å². The number of nitrogens with zero attached hydrogens (tertiary/aromatic N) is 3. The van der Waals surface area contributed by atoms with Crippen LogP contribution in [0.5, 0.6) is 5.75 Å². The normalized spacial score (nSPS) is 17.6. The zero-order valence-corrected chi connectivity index (χ0v) is 15.5. The predicted molar refractivity (Wildman–Crippen MR) is 109 cm³/mol. The molecule has 1 N–H and O–H groups in total. The van der Waals surface area contributed by atoms with Crippen molar-refractivity contribution in [1.82, 2.24) is 10.2 Å². The van der Waals surface area contributed by atoms with Crippen molar-refractivity contribution in [3.63, 3.8) is 0 Å². The Morgan fingerprint density at radius 3 is 2.64 bits per heavy atom. The molecule has 28 heavy (non-hydrogen) atoms. The Balaban J connectivity index is 1.65. The second-order valence-corrected chi connectivity index (χ2v) is 6.67. The summed E-state index contributed by atoms with van der Waals surface area (Å²) in [4.78, 5) is 11.8. The molecule has 1 aliphatic rings. The number of aromatic nitrogens is 2. The molecule has 0 aliphatic heterocycles. The fraction of sp³-hybridized carbons (Fsp3) is 0.182. The first-order valence-corrected chi connectivity index (χ1v) is 9.11. The minimum Gasteiger partial charge on any atom is -0.497 e. The van der Waals surface area contributed by atoms with E-state index in [-0.39, 0.29) is 11.5 Å². The summed E-state index contributed by atoms with van der Waals surface area (Å²) < 4.78 is 5.16. The van der Waals surface area contributed by atoms with Crippen LogP contribution in [0.4, 0.5) is 0 Å². The highest BCUT2D eigenvalue weighted by molar-refractivity contribution is 6.03. The number of H-pyrrole nitrogens is 1. The van der Waals surface area contributed by atoms with Gasteiger partial charge in [-0.3, -0.25) is 4.79 Å². The summed E-state index contributed by atoms with van der Waals surface area (Å²) in [6, 6.07) is 19.4. The molecule has 6 heteroatoms. The third-order valence-electron chi connectivity index (χ3n) is 4.85. The number of nitrogens with one attached hydrogen (secondary N) is 1. The second-order valence-electron chi connectivity index (χ2n) is 6.67. The van der Waals surface area contributed by atoms with Crippen molar-refractivity contribution in [2.75, 3.05) is 7.11 Å². The number of rotatable bonds is 4. The first-order valence-electron chi connectivity index (χ1n) is 9.11. The molecule has 140 valence electrons. The molecule has 0 unspecified atom stereocenters. The van der Waals surface area contributed by atoms with Crippen LogP contribution in [0.2, 0.25) is 0 Å². The van der Waals surface area contributed by atoms with Gasteiger partial charge in [0.2, 0.25) is 0 Å². The first kappa shape index (κ1) is 17.9. The van der Waals surface area contributed by atoms with Crippen molar-refractivity contribution >= 4 is 11.9 Å². The van der Waals surface area contributed by atoms with Gasteiger partial charge < -0.3 is 4.74 Å². The summed E-state index contributed by atoms with van der Waals surface area (Å²) in [7, 11) is 1.63. The maximum absolute atomic E-state index is 11.8. The number of fused-ring (bicyclic) bond motifs is 1. The Labute approximate surface area is 162 Å². The van der Waals surface area contributed by atoms with Crippen LogP contribution >= 0.6 is 0 Å². The van der Waals surface area contributed by atoms with Gasteiger partial charge in [0.25, 0.3) is 5.56 Å². The van der Waals surface area contributed by atoms with Crippen LogP contribution in [-0.4, -0.2) is 29.2 Å². The summed E-state index contributed by atoms with van der Waals surface area (Å²) in [5.74, 6) is 1.04. The molecule has 0 saturated carbocycles. The molecule has 1 aliphatic carbocycles. The number of hydrogen-bond donors (Lipinski definition) is 1. The Bertz CT molecular complexity index is 1070. The fourth-order valence-electron chi connectivity index (χ4n) is 3.39. The molecule has 0 saturated heterocycles. The van der Waals surface area contributed by atoms with Crippen LogP contribution < -0.4 is 10.3 Å². The van der Waals surface area contributed by atoms with Gasteiger partial charge in [-0.05, 0) is 54.2 Å². The van der Waals surface area contributed by atoms with Gasteiger partial charge in [0, 0.05) is 11.6 Å². The minimum atomic E-state index is -0.233. The van der Waals surface area contributed by atoms with E-state index in [1.165, 1.54) is 5.56 Å². The zero-order valence-electron chi connectivity index (χ0n) is 15.5. The van der Waals surface area contributed by atoms with Gasteiger partial charge in [-0.15, -0.1) is 0 Å². The largest absolute Gasteiger partial charge is 0.497 e. The monoisotopic (exact) mass is 372 g/mol. The van der Waals surface area contributed by atoms with Crippen molar-refractivity contribution < 1.29 is 4.74 Å². The molecular weight excluding hydrogens is 352 g/mol. The van der Waals surface area contributed by atoms with E-state index < -0.39 is 0 Å². The lowest BCUT2D eigenvalue weighted by Gasteiger charge is -2.24. The Kier molecular flexibility index (Phi) is 5.10. The van der Waals surface area contributed by atoms with Crippen molar-refractivity contribution in [3.05, 3.63) is 93.4 Å². The third-order valence-corrected chi connectivity index (χ3v) is 4.85. The van der Waals surface area contributed by atoms with Gasteiger partial charge in [-0.1, -0.05) is 30.3 Å². The van der Waals surface area contributed by atoms with E-state index >= 15 is 0 Å². The van der Waals surface area contributed by atoms with Crippen LogP contribution in [0, 0.1) is 0 Å². The van der Waals surface area contributed by atoms with E-state index in [9.17, 15) is 4.79 Å². The number of methoxy groups -OCH3 is 1.